The van der Waals surface area contributed by atoms with Crippen molar-refractivity contribution in [2.24, 2.45) is 0 Å². The molecule has 0 fully saturated rings. The minimum absolute atomic E-state index is 0.375. The van der Waals surface area contributed by atoms with E-state index in [1.54, 1.807) is 0 Å². The first kappa shape index (κ1) is 18.1. The molecule has 0 spiro atoms. The quantitative estimate of drug-likeness (QED) is 0.608. The molecule has 5 nitrogen and oxygen atoms in total. The average Bonchev–Trinajstić information content (AvgIpc) is 2.42. The van der Waals surface area contributed by atoms with Crippen LogP contribution in [0.25, 0.3) is 0 Å². The van der Waals surface area contributed by atoms with E-state index in [1.165, 1.54) is 23.9 Å². The van der Waals surface area contributed by atoms with Gasteiger partial charge in [-0.25, -0.2) is 0 Å². The van der Waals surface area contributed by atoms with Crippen LogP contribution < -0.4 is 10.2 Å². The number of hydrogen-bond acceptors (Lipinski definition) is 5. The summed E-state index contributed by atoms with van der Waals surface area (Å²) in [5.74, 6) is 0. The van der Waals surface area contributed by atoms with Crippen LogP contribution in [0.3, 0.4) is 0 Å². The highest BCUT2D eigenvalue weighted by atomic mass is 16.5. The van der Waals surface area contributed by atoms with Crippen molar-refractivity contribution in [2.45, 2.75) is 20.3 Å². The normalized spacial score (nSPS) is 9.20. The molecular formula is C15H24N2O3. The monoisotopic (exact) mass is 280 g/mol. The number of hydrogen-bond donors (Lipinski definition) is 1. The fraction of sp³-hybridized carbons (Fsp3) is 0.467. The standard InChI is InChI=1S/C13H20N2O.C2H4O2/c1-11-7-12(2)9-13(8-11)15(10-14-3)5-4-6-16;1-4-2-3/h6-9,14H,4-5,10H2,1-3H3;2H,1H3. The molecule has 0 bridgehead atoms. The Morgan fingerprint density at radius 1 is 1.20 bits per heavy atom. The van der Waals surface area contributed by atoms with Gasteiger partial charge in [0.15, 0.2) is 0 Å². The number of nitrogens with zero attached hydrogens (tertiary/aromatic N) is 1. The van der Waals surface area contributed by atoms with E-state index in [1.807, 2.05) is 7.05 Å². The summed E-state index contributed by atoms with van der Waals surface area (Å²) in [6.45, 7) is 6.07. The van der Waals surface area contributed by atoms with Gasteiger partial charge in [-0.05, 0) is 44.2 Å². The molecule has 0 aliphatic heterocycles. The third kappa shape index (κ3) is 7.53. The van der Waals surface area contributed by atoms with Gasteiger partial charge in [0.1, 0.15) is 6.29 Å². The van der Waals surface area contributed by atoms with E-state index in [2.05, 4.69) is 47.0 Å². The maximum absolute atomic E-state index is 10.4. The van der Waals surface area contributed by atoms with Crippen LogP contribution in [-0.4, -0.2) is 40.1 Å². The first-order valence-corrected chi connectivity index (χ1v) is 6.47. The van der Waals surface area contributed by atoms with Gasteiger partial charge < -0.3 is 19.7 Å². The van der Waals surface area contributed by atoms with Gasteiger partial charge in [-0.15, -0.1) is 0 Å². The number of anilines is 1. The summed E-state index contributed by atoms with van der Waals surface area (Å²) in [4.78, 5) is 21.6. The summed E-state index contributed by atoms with van der Waals surface area (Å²) in [7, 11) is 3.23. The summed E-state index contributed by atoms with van der Waals surface area (Å²) < 4.78 is 3.86. The van der Waals surface area contributed by atoms with Crippen LogP contribution in [0.2, 0.25) is 0 Å². The number of benzene rings is 1. The van der Waals surface area contributed by atoms with E-state index < -0.39 is 0 Å². The molecule has 112 valence electrons. The van der Waals surface area contributed by atoms with E-state index in [4.69, 9.17) is 4.79 Å². The van der Waals surface area contributed by atoms with Crippen LogP contribution in [0.15, 0.2) is 18.2 Å². The lowest BCUT2D eigenvalue weighted by molar-refractivity contribution is -0.126. The number of aryl methyl sites for hydroxylation is 2. The van der Waals surface area contributed by atoms with Crippen LogP contribution in [0, 0.1) is 13.8 Å². The number of aldehydes is 1. The Morgan fingerprint density at radius 2 is 1.75 bits per heavy atom. The fourth-order valence-electron chi connectivity index (χ4n) is 1.83. The fourth-order valence-corrected chi connectivity index (χ4v) is 1.83. The topological polar surface area (TPSA) is 58.6 Å². The lowest BCUT2D eigenvalue weighted by atomic mass is 10.1. The molecule has 0 aliphatic rings. The van der Waals surface area contributed by atoms with Gasteiger partial charge in [0.25, 0.3) is 6.47 Å². The number of ether oxygens (including phenoxy) is 1. The molecule has 1 aromatic carbocycles. The maximum atomic E-state index is 10.4. The van der Waals surface area contributed by atoms with Gasteiger partial charge in [0.05, 0.1) is 13.8 Å². The minimum atomic E-state index is 0.375. The van der Waals surface area contributed by atoms with Crippen molar-refractivity contribution in [3.05, 3.63) is 29.3 Å². The van der Waals surface area contributed by atoms with Crippen molar-refractivity contribution in [3.63, 3.8) is 0 Å². The Morgan fingerprint density at radius 3 is 2.15 bits per heavy atom. The van der Waals surface area contributed by atoms with Gasteiger partial charge in [-0.1, -0.05) is 6.07 Å². The third-order valence-electron chi connectivity index (χ3n) is 2.53. The van der Waals surface area contributed by atoms with E-state index in [0.717, 1.165) is 19.5 Å². The van der Waals surface area contributed by atoms with E-state index in [-0.39, 0.29) is 0 Å². The van der Waals surface area contributed by atoms with Crippen molar-refractivity contribution < 1.29 is 14.3 Å². The van der Waals surface area contributed by atoms with Gasteiger partial charge in [-0.3, -0.25) is 4.79 Å². The molecule has 1 N–H and O–H groups in total. The highest BCUT2D eigenvalue weighted by Gasteiger charge is 2.05. The van der Waals surface area contributed by atoms with Crippen molar-refractivity contribution in [3.8, 4) is 0 Å². The molecule has 0 radical (unpaired) electrons. The first-order valence-electron chi connectivity index (χ1n) is 6.47. The van der Waals surface area contributed by atoms with Crippen molar-refractivity contribution >= 4 is 18.4 Å². The van der Waals surface area contributed by atoms with Crippen LogP contribution in [0.4, 0.5) is 5.69 Å². The summed E-state index contributed by atoms with van der Waals surface area (Å²) >= 11 is 0. The number of methoxy groups -OCH3 is 1. The predicted octanol–water partition coefficient (Wildman–Crippen LogP) is 1.66. The SMILES string of the molecule is CNCN(CCC=O)c1cc(C)cc(C)c1.COC=O. The van der Waals surface area contributed by atoms with E-state index in [9.17, 15) is 4.79 Å². The molecule has 0 aromatic heterocycles. The molecule has 5 heteroatoms. The molecule has 0 amide bonds. The zero-order valence-corrected chi connectivity index (χ0v) is 12.7. The van der Waals surface area contributed by atoms with Gasteiger partial charge >= 0.3 is 0 Å². The Hall–Kier alpha value is -1.88. The molecule has 1 rings (SSSR count). The number of nitrogens with one attached hydrogen (secondary N) is 1. The highest BCUT2D eigenvalue weighted by molar-refractivity contribution is 5.54. The second kappa shape index (κ2) is 11.0. The first-order chi connectivity index (χ1) is 9.58. The average molecular weight is 280 g/mol. The van der Waals surface area contributed by atoms with Gasteiger partial charge in [0.2, 0.25) is 0 Å². The highest BCUT2D eigenvalue weighted by Crippen LogP contribution is 2.18. The van der Waals surface area contributed by atoms with Crippen LogP contribution in [0.5, 0.6) is 0 Å². The van der Waals surface area contributed by atoms with Gasteiger partial charge in [0, 0.05) is 18.7 Å². The second-order valence-electron chi connectivity index (χ2n) is 4.41. The molecular weight excluding hydrogens is 256 g/mol. The van der Waals surface area contributed by atoms with Gasteiger partial charge in [-0.2, -0.15) is 0 Å². The number of carbonyl (C=O) groups is 2. The number of rotatable bonds is 7. The van der Waals surface area contributed by atoms with E-state index >= 15 is 0 Å². The molecule has 0 aliphatic carbocycles. The Labute approximate surface area is 120 Å². The summed E-state index contributed by atoms with van der Waals surface area (Å²) in [6.07, 6.45) is 1.53. The zero-order valence-electron chi connectivity index (χ0n) is 12.7. The largest absolute Gasteiger partial charge is 0.471 e. The molecule has 0 saturated heterocycles. The number of carbonyl (C=O) groups excluding carboxylic acids is 2. The Bertz CT molecular complexity index is 388. The lowest BCUT2D eigenvalue weighted by Gasteiger charge is -2.24. The third-order valence-corrected chi connectivity index (χ3v) is 2.53. The molecule has 0 unspecified atom stereocenters. The molecule has 1 aromatic rings. The van der Waals surface area contributed by atoms with Crippen LogP contribution in [-0.2, 0) is 14.3 Å². The Kier molecular flexibility index (Phi) is 9.96. The molecule has 20 heavy (non-hydrogen) atoms. The second-order valence-corrected chi connectivity index (χ2v) is 4.41. The predicted molar refractivity (Wildman–Crippen MR) is 80.9 cm³/mol. The Balaban J connectivity index is 0.000000796. The summed E-state index contributed by atoms with van der Waals surface area (Å²) in [6, 6.07) is 6.45. The van der Waals surface area contributed by atoms with Crippen molar-refractivity contribution in [2.75, 3.05) is 32.3 Å². The van der Waals surface area contributed by atoms with Crippen LogP contribution in [0.1, 0.15) is 17.5 Å². The molecule has 0 saturated carbocycles. The maximum Gasteiger partial charge on any atom is 0.292 e. The summed E-state index contributed by atoms with van der Waals surface area (Å²) in [5, 5.41) is 3.12. The van der Waals surface area contributed by atoms with Crippen molar-refractivity contribution in [1.29, 1.82) is 0 Å². The smallest absolute Gasteiger partial charge is 0.292 e. The minimum Gasteiger partial charge on any atom is -0.471 e. The van der Waals surface area contributed by atoms with E-state index in [0.29, 0.717) is 12.9 Å². The zero-order chi connectivity index (χ0) is 15.4. The van der Waals surface area contributed by atoms with Crippen molar-refractivity contribution in [1.82, 2.24) is 5.32 Å². The summed E-state index contributed by atoms with van der Waals surface area (Å²) in [5.41, 5.74) is 3.68. The lowest BCUT2D eigenvalue weighted by Crippen LogP contribution is -2.33. The molecule has 0 heterocycles. The van der Waals surface area contributed by atoms with Crippen LogP contribution >= 0.6 is 0 Å². The molecule has 0 atom stereocenters.